The van der Waals surface area contributed by atoms with Crippen LogP contribution >= 0.6 is 11.8 Å². The molecule has 1 N–H and O–H groups in total. The van der Waals surface area contributed by atoms with Gasteiger partial charge in [-0.05, 0) is 44.4 Å². The smallest absolute Gasteiger partial charge is 0.0966 e. The van der Waals surface area contributed by atoms with Crippen LogP contribution < -0.4 is 0 Å². The summed E-state index contributed by atoms with van der Waals surface area (Å²) in [6.45, 7) is 4.11. The first kappa shape index (κ1) is 12.9. The lowest BCUT2D eigenvalue weighted by Crippen LogP contribution is -2.34. The lowest BCUT2D eigenvalue weighted by Gasteiger charge is -2.31. The third-order valence-corrected chi connectivity index (χ3v) is 4.53. The Morgan fingerprint density at radius 1 is 1.24 bits per heavy atom. The second-order valence-corrected chi connectivity index (χ2v) is 6.19. The van der Waals surface area contributed by atoms with Crippen molar-refractivity contribution in [1.82, 2.24) is 4.98 Å². The van der Waals surface area contributed by atoms with Gasteiger partial charge in [0.05, 0.1) is 10.6 Å². The molecule has 17 heavy (non-hydrogen) atoms. The van der Waals surface area contributed by atoms with Crippen molar-refractivity contribution in [1.29, 1.82) is 0 Å². The first-order valence-electron chi connectivity index (χ1n) is 6.38. The van der Waals surface area contributed by atoms with Gasteiger partial charge in [0, 0.05) is 11.4 Å². The Hall–Kier alpha value is -0.540. The Bertz CT molecular complexity index is 366. The molecular weight excluding hydrogens is 230 g/mol. The van der Waals surface area contributed by atoms with E-state index >= 15 is 0 Å². The molecule has 1 aromatic heterocycles. The van der Waals surface area contributed by atoms with Gasteiger partial charge < -0.3 is 5.11 Å². The van der Waals surface area contributed by atoms with Crippen LogP contribution in [0.5, 0.6) is 0 Å². The summed E-state index contributed by atoms with van der Waals surface area (Å²) < 4.78 is 0. The Labute approximate surface area is 108 Å². The van der Waals surface area contributed by atoms with Crippen LogP contribution in [0.2, 0.25) is 0 Å². The maximum atomic E-state index is 10.4. The summed E-state index contributed by atoms with van der Waals surface area (Å²) in [5.74, 6) is 0.781. The van der Waals surface area contributed by atoms with Gasteiger partial charge in [0.15, 0.2) is 0 Å². The van der Waals surface area contributed by atoms with Gasteiger partial charge in [-0.15, -0.1) is 11.8 Å². The van der Waals surface area contributed by atoms with Gasteiger partial charge in [-0.1, -0.05) is 19.3 Å². The van der Waals surface area contributed by atoms with E-state index in [0.29, 0.717) is 0 Å². The van der Waals surface area contributed by atoms with Gasteiger partial charge in [0.2, 0.25) is 0 Å². The van der Waals surface area contributed by atoms with Crippen LogP contribution in [0.15, 0.2) is 17.2 Å². The van der Waals surface area contributed by atoms with Crippen molar-refractivity contribution < 1.29 is 5.11 Å². The zero-order chi connectivity index (χ0) is 12.3. The summed E-state index contributed by atoms with van der Waals surface area (Å²) in [4.78, 5) is 4.50. The number of thioether (sulfide) groups is 1. The third kappa shape index (κ3) is 3.71. The summed E-state index contributed by atoms with van der Waals surface area (Å²) in [6, 6.07) is 4.18. The van der Waals surface area contributed by atoms with Crippen molar-refractivity contribution in [3.8, 4) is 0 Å². The second kappa shape index (κ2) is 5.40. The average Bonchev–Trinajstić information content (AvgIpc) is 2.26. The van der Waals surface area contributed by atoms with Gasteiger partial charge in [-0.25, -0.2) is 4.98 Å². The number of aromatic nitrogens is 1. The van der Waals surface area contributed by atoms with Crippen LogP contribution in [-0.4, -0.2) is 21.4 Å². The SMILES string of the molecule is Cc1cc(C)nc(SCC2(O)CCCCC2)c1. The Morgan fingerprint density at radius 3 is 2.59 bits per heavy atom. The highest BCUT2D eigenvalue weighted by molar-refractivity contribution is 7.99. The van der Waals surface area contributed by atoms with Crippen molar-refractivity contribution in [2.24, 2.45) is 0 Å². The largest absolute Gasteiger partial charge is 0.389 e. The van der Waals surface area contributed by atoms with E-state index in [-0.39, 0.29) is 0 Å². The molecule has 0 atom stereocenters. The predicted octanol–water partition coefficient (Wildman–Crippen LogP) is 3.49. The Morgan fingerprint density at radius 2 is 1.94 bits per heavy atom. The van der Waals surface area contributed by atoms with E-state index in [9.17, 15) is 5.11 Å². The van der Waals surface area contributed by atoms with Gasteiger partial charge in [0.1, 0.15) is 0 Å². The fraction of sp³-hybridized carbons (Fsp3) is 0.643. The van der Waals surface area contributed by atoms with E-state index in [4.69, 9.17) is 0 Å². The monoisotopic (exact) mass is 251 g/mol. The molecule has 0 amide bonds. The Balaban J connectivity index is 1.96. The maximum Gasteiger partial charge on any atom is 0.0966 e. The minimum absolute atomic E-state index is 0.456. The molecule has 3 heteroatoms. The molecule has 1 aliphatic carbocycles. The van der Waals surface area contributed by atoms with Crippen LogP contribution in [-0.2, 0) is 0 Å². The van der Waals surface area contributed by atoms with Gasteiger partial charge in [-0.3, -0.25) is 0 Å². The third-order valence-electron chi connectivity index (χ3n) is 3.35. The zero-order valence-corrected chi connectivity index (χ0v) is 11.5. The minimum atomic E-state index is -0.456. The van der Waals surface area contributed by atoms with Crippen molar-refractivity contribution in [3.05, 3.63) is 23.4 Å². The normalized spacial score (nSPS) is 19.2. The van der Waals surface area contributed by atoms with E-state index in [0.717, 1.165) is 42.2 Å². The van der Waals surface area contributed by atoms with Crippen molar-refractivity contribution in [3.63, 3.8) is 0 Å². The predicted molar refractivity (Wildman–Crippen MR) is 72.5 cm³/mol. The summed E-state index contributed by atoms with van der Waals surface area (Å²) >= 11 is 1.69. The first-order chi connectivity index (χ1) is 8.07. The number of nitrogens with zero attached hydrogens (tertiary/aromatic N) is 1. The molecular formula is C14H21NOS. The fourth-order valence-corrected chi connectivity index (χ4v) is 3.62. The fourth-order valence-electron chi connectivity index (χ4n) is 2.44. The highest BCUT2D eigenvalue weighted by Gasteiger charge is 2.29. The number of hydrogen-bond donors (Lipinski definition) is 1. The van der Waals surface area contributed by atoms with Gasteiger partial charge >= 0.3 is 0 Å². The van der Waals surface area contributed by atoms with Crippen LogP contribution in [0.1, 0.15) is 43.4 Å². The van der Waals surface area contributed by atoms with Crippen LogP contribution in [0.3, 0.4) is 0 Å². The lowest BCUT2D eigenvalue weighted by molar-refractivity contribution is 0.0272. The molecule has 0 bridgehead atoms. The number of hydrogen-bond acceptors (Lipinski definition) is 3. The maximum absolute atomic E-state index is 10.4. The van der Waals surface area contributed by atoms with E-state index in [1.807, 2.05) is 6.92 Å². The topological polar surface area (TPSA) is 33.1 Å². The summed E-state index contributed by atoms with van der Waals surface area (Å²) in [6.07, 6.45) is 5.50. The van der Waals surface area contributed by atoms with Crippen molar-refractivity contribution in [2.45, 2.75) is 56.6 Å². The molecule has 0 spiro atoms. The minimum Gasteiger partial charge on any atom is -0.389 e. The van der Waals surface area contributed by atoms with Crippen molar-refractivity contribution >= 4 is 11.8 Å². The molecule has 2 rings (SSSR count). The summed E-state index contributed by atoms with van der Waals surface area (Å²) in [5, 5.41) is 11.5. The molecule has 1 aliphatic rings. The lowest BCUT2D eigenvalue weighted by atomic mass is 9.86. The van der Waals surface area contributed by atoms with E-state index < -0.39 is 5.60 Å². The van der Waals surface area contributed by atoms with Crippen LogP contribution in [0, 0.1) is 13.8 Å². The standard InChI is InChI=1S/C14H21NOS/c1-11-8-12(2)15-13(9-11)17-10-14(16)6-4-3-5-7-14/h8-9,16H,3-7,10H2,1-2H3. The summed E-state index contributed by atoms with van der Waals surface area (Å²) in [5.41, 5.74) is 1.85. The molecule has 2 nitrogen and oxygen atoms in total. The molecule has 1 fully saturated rings. The number of pyridine rings is 1. The van der Waals surface area contributed by atoms with Crippen LogP contribution in [0.4, 0.5) is 0 Å². The number of aryl methyl sites for hydroxylation is 2. The quantitative estimate of drug-likeness (QED) is 0.835. The molecule has 94 valence electrons. The summed E-state index contributed by atoms with van der Waals surface area (Å²) in [7, 11) is 0. The van der Waals surface area contributed by atoms with Gasteiger partial charge in [-0.2, -0.15) is 0 Å². The van der Waals surface area contributed by atoms with Gasteiger partial charge in [0.25, 0.3) is 0 Å². The molecule has 1 aromatic rings. The molecule has 0 saturated heterocycles. The molecule has 1 heterocycles. The van der Waals surface area contributed by atoms with E-state index in [2.05, 4.69) is 24.0 Å². The van der Waals surface area contributed by atoms with Crippen molar-refractivity contribution in [2.75, 3.05) is 5.75 Å². The first-order valence-corrected chi connectivity index (χ1v) is 7.36. The molecule has 0 unspecified atom stereocenters. The molecule has 0 radical (unpaired) electrons. The molecule has 0 aromatic carbocycles. The molecule has 1 saturated carbocycles. The zero-order valence-electron chi connectivity index (χ0n) is 10.7. The Kier molecular flexibility index (Phi) is 4.10. The van der Waals surface area contributed by atoms with E-state index in [1.165, 1.54) is 12.0 Å². The van der Waals surface area contributed by atoms with Crippen LogP contribution in [0.25, 0.3) is 0 Å². The number of rotatable bonds is 3. The average molecular weight is 251 g/mol. The second-order valence-electron chi connectivity index (χ2n) is 5.20. The number of aliphatic hydroxyl groups is 1. The highest BCUT2D eigenvalue weighted by atomic mass is 32.2. The van der Waals surface area contributed by atoms with E-state index in [1.54, 1.807) is 11.8 Å². The molecule has 0 aliphatic heterocycles. The highest BCUT2D eigenvalue weighted by Crippen LogP contribution is 2.33.